The van der Waals surface area contributed by atoms with Crippen molar-refractivity contribution < 1.29 is 30.4 Å². The minimum Gasteiger partial charge on any atom is -0.369 e. The zero-order chi connectivity index (χ0) is 29.6. The number of piperidine rings is 1. The molecule has 5 rings (SSSR count). The highest BCUT2D eigenvalue weighted by molar-refractivity contribution is 7.92. The first-order chi connectivity index (χ1) is 19.3. The van der Waals surface area contributed by atoms with Crippen LogP contribution in [0.2, 0.25) is 0 Å². The van der Waals surface area contributed by atoms with Crippen LogP contribution in [0.25, 0.3) is 0 Å². The third kappa shape index (κ3) is 5.74. The molecule has 7 nitrogen and oxygen atoms in total. The molecular formula is C28H30F5N5O2S. The van der Waals surface area contributed by atoms with Gasteiger partial charge in [-0.25, -0.2) is 27.2 Å². The molecule has 1 aliphatic heterocycles. The number of benzene rings is 2. The molecule has 1 unspecified atom stereocenters. The van der Waals surface area contributed by atoms with E-state index in [1.807, 2.05) is 19.0 Å². The lowest BCUT2D eigenvalue weighted by atomic mass is 9.60. The summed E-state index contributed by atoms with van der Waals surface area (Å²) in [5.74, 6) is -2.42. The second kappa shape index (κ2) is 10.8. The number of rotatable bonds is 7. The summed E-state index contributed by atoms with van der Waals surface area (Å²) in [5, 5.41) is 0. The Hall–Kier alpha value is -3.32. The van der Waals surface area contributed by atoms with Crippen LogP contribution in [-0.2, 0) is 16.2 Å². The van der Waals surface area contributed by atoms with Gasteiger partial charge in [-0.15, -0.1) is 0 Å². The lowest BCUT2D eigenvalue weighted by molar-refractivity contribution is -0.137. The van der Waals surface area contributed by atoms with Crippen LogP contribution < -0.4 is 9.62 Å². The van der Waals surface area contributed by atoms with Crippen molar-refractivity contribution in [3.63, 3.8) is 0 Å². The van der Waals surface area contributed by atoms with E-state index in [1.54, 1.807) is 6.07 Å². The average molecular weight is 596 g/mol. The molecule has 2 heterocycles. The van der Waals surface area contributed by atoms with Gasteiger partial charge in [-0.2, -0.15) is 13.2 Å². The summed E-state index contributed by atoms with van der Waals surface area (Å²) in [6.07, 6.45) is 0.921. The Labute approximate surface area is 235 Å². The maximum absolute atomic E-state index is 15.2. The van der Waals surface area contributed by atoms with Crippen molar-refractivity contribution in [2.45, 2.75) is 48.2 Å². The van der Waals surface area contributed by atoms with Gasteiger partial charge < -0.3 is 9.80 Å². The summed E-state index contributed by atoms with van der Waals surface area (Å²) >= 11 is 0. The molecule has 3 aromatic rings. The first-order valence-corrected chi connectivity index (χ1v) is 14.7. The van der Waals surface area contributed by atoms with Gasteiger partial charge in [0, 0.05) is 30.5 Å². The van der Waals surface area contributed by atoms with Crippen molar-refractivity contribution in [2.24, 2.45) is 5.92 Å². The highest BCUT2D eigenvalue weighted by Crippen LogP contribution is 2.52. The number of halogens is 5. The van der Waals surface area contributed by atoms with E-state index in [0.29, 0.717) is 31.5 Å². The number of hydrogen-bond acceptors (Lipinski definition) is 6. The lowest BCUT2D eigenvalue weighted by Gasteiger charge is -2.57. The SMILES string of the molecule is CN(C)C1(C2CC(c3cccc(C(F)(F)F)c3)C2)CCCN(c2cc(F)c(S(=O)(=O)Nc3ccncn3)c(F)c2)C1. The van der Waals surface area contributed by atoms with E-state index in [-0.39, 0.29) is 28.9 Å². The van der Waals surface area contributed by atoms with Crippen molar-refractivity contribution in [3.05, 3.63) is 77.8 Å². The fraction of sp³-hybridized carbons (Fsp3) is 0.429. The summed E-state index contributed by atoms with van der Waals surface area (Å²) in [5.41, 5.74) is -0.149. The Morgan fingerprint density at radius 3 is 2.39 bits per heavy atom. The lowest BCUT2D eigenvalue weighted by Crippen LogP contribution is -2.62. The number of likely N-dealkylation sites (N-methyl/N-ethyl adjacent to an activating group) is 1. The van der Waals surface area contributed by atoms with E-state index in [0.717, 1.165) is 37.4 Å². The quantitative estimate of drug-likeness (QED) is 0.355. The smallest absolute Gasteiger partial charge is 0.369 e. The van der Waals surface area contributed by atoms with E-state index in [4.69, 9.17) is 0 Å². The largest absolute Gasteiger partial charge is 0.416 e. The molecule has 1 N–H and O–H groups in total. The van der Waals surface area contributed by atoms with Gasteiger partial charge in [0.1, 0.15) is 23.8 Å². The van der Waals surface area contributed by atoms with Crippen LogP contribution in [0, 0.1) is 17.6 Å². The van der Waals surface area contributed by atoms with Crippen LogP contribution in [0.3, 0.4) is 0 Å². The number of nitrogens with one attached hydrogen (secondary N) is 1. The Morgan fingerprint density at radius 1 is 1.07 bits per heavy atom. The average Bonchev–Trinajstić information content (AvgIpc) is 2.87. The molecule has 1 aliphatic carbocycles. The summed E-state index contributed by atoms with van der Waals surface area (Å²) in [6, 6.07) is 8.76. The summed E-state index contributed by atoms with van der Waals surface area (Å²) in [4.78, 5) is 10.3. The van der Waals surface area contributed by atoms with Crippen LogP contribution >= 0.6 is 0 Å². The van der Waals surface area contributed by atoms with Crippen molar-refractivity contribution >= 4 is 21.5 Å². The maximum atomic E-state index is 15.2. The second-order valence-corrected chi connectivity index (χ2v) is 12.6. The minimum absolute atomic E-state index is 0.00346. The topological polar surface area (TPSA) is 78.4 Å². The van der Waals surface area contributed by atoms with Crippen molar-refractivity contribution in [1.82, 2.24) is 14.9 Å². The number of anilines is 2. The van der Waals surface area contributed by atoms with Crippen LogP contribution in [0.4, 0.5) is 33.5 Å². The molecule has 0 radical (unpaired) electrons. The summed E-state index contributed by atoms with van der Waals surface area (Å²) in [6.45, 7) is 0.952. The molecular weight excluding hydrogens is 565 g/mol. The normalized spacial score (nSPS) is 23.4. The molecule has 0 bridgehead atoms. The van der Waals surface area contributed by atoms with Gasteiger partial charge >= 0.3 is 6.18 Å². The number of sulfonamides is 1. The highest BCUT2D eigenvalue weighted by Gasteiger charge is 2.50. The standard InChI is InChI=1S/C28H30F5N5O2S/c1-37(2)27(21-12-19(13-21)18-5-3-6-20(11-18)28(31,32)33)8-4-10-38(16-27)22-14-23(29)26(24(30)15-22)41(39,40)36-25-7-9-34-17-35-25/h3,5-7,9,11,14-15,17,19,21H,4,8,10,12-13,16H2,1-2H3,(H,34,35,36). The van der Waals surface area contributed by atoms with Crippen molar-refractivity contribution in [2.75, 3.05) is 36.8 Å². The number of hydrogen-bond donors (Lipinski definition) is 1. The Balaban J connectivity index is 1.35. The van der Waals surface area contributed by atoms with Gasteiger partial charge in [0.25, 0.3) is 10.0 Å². The second-order valence-electron chi connectivity index (χ2n) is 11.0. The van der Waals surface area contributed by atoms with Gasteiger partial charge in [0.2, 0.25) is 0 Å². The Bertz CT molecular complexity index is 1490. The van der Waals surface area contributed by atoms with Gasteiger partial charge in [-0.05, 0) is 81.4 Å². The fourth-order valence-electron chi connectivity index (χ4n) is 6.17. The Morgan fingerprint density at radius 2 is 1.78 bits per heavy atom. The van der Waals surface area contributed by atoms with E-state index in [1.165, 1.54) is 24.4 Å². The first-order valence-electron chi connectivity index (χ1n) is 13.2. The highest BCUT2D eigenvalue weighted by atomic mass is 32.2. The molecule has 1 saturated heterocycles. The third-order valence-corrected chi connectivity index (χ3v) is 9.82. The molecule has 2 fully saturated rings. The van der Waals surface area contributed by atoms with Crippen molar-refractivity contribution in [1.29, 1.82) is 0 Å². The van der Waals surface area contributed by atoms with E-state index < -0.39 is 38.3 Å². The fourth-order valence-corrected chi connectivity index (χ4v) is 7.30. The zero-order valence-electron chi connectivity index (χ0n) is 22.5. The molecule has 2 aliphatic rings. The molecule has 0 amide bonds. The van der Waals surface area contributed by atoms with Crippen LogP contribution in [0.15, 0.2) is 59.9 Å². The van der Waals surface area contributed by atoms with Crippen LogP contribution in [-0.4, -0.2) is 56.0 Å². The zero-order valence-corrected chi connectivity index (χ0v) is 23.3. The summed E-state index contributed by atoms with van der Waals surface area (Å²) < 4.78 is 97.6. The van der Waals surface area contributed by atoms with Gasteiger partial charge in [-0.1, -0.05) is 18.2 Å². The molecule has 13 heteroatoms. The number of alkyl halides is 3. The molecule has 220 valence electrons. The van der Waals surface area contributed by atoms with Crippen LogP contribution in [0.1, 0.15) is 42.7 Å². The molecule has 1 saturated carbocycles. The first kappa shape index (κ1) is 29.2. The number of nitrogens with zero attached hydrogens (tertiary/aromatic N) is 4. The van der Waals surface area contributed by atoms with E-state index >= 15 is 8.78 Å². The number of aromatic nitrogens is 2. The van der Waals surface area contributed by atoms with Crippen molar-refractivity contribution in [3.8, 4) is 0 Å². The van der Waals surface area contributed by atoms with Gasteiger partial charge in [0.05, 0.1) is 5.56 Å². The molecule has 2 aromatic carbocycles. The molecule has 1 aromatic heterocycles. The predicted octanol–water partition coefficient (Wildman–Crippen LogP) is 5.67. The van der Waals surface area contributed by atoms with E-state index in [2.05, 4.69) is 19.6 Å². The van der Waals surface area contributed by atoms with Crippen LogP contribution in [0.5, 0.6) is 0 Å². The predicted molar refractivity (Wildman–Crippen MR) is 144 cm³/mol. The molecule has 0 spiro atoms. The molecule has 41 heavy (non-hydrogen) atoms. The summed E-state index contributed by atoms with van der Waals surface area (Å²) in [7, 11) is -0.717. The molecule has 1 atom stereocenters. The van der Waals surface area contributed by atoms with E-state index in [9.17, 15) is 21.6 Å². The monoisotopic (exact) mass is 595 g/mol. The third-order valence-electron chi connectivity index (χ3n) is 8.41. The van der Waals surface area contributed by atoms with Gasteiger partial charge in [0.15, 0.2) is 4.90 Å². The minimum atomic E-state index is -4.60. The van der Waals surface area contributed by atoms with Gasteiger partial charge in [-0.3, -0.25) is 4.72 Å². The maximum Gasteiger partial charge on any atom is 0.416 e. The Kier molecular flexibility index (Phi) is 7.70.